The number of carbonyl (C=O) groups is 1. The highest BCUT2D eigenvalue weighted by Gasteiger charge is 2.05. The van der Waals surface area contributed by atoms with E-state index in [1.54, 1.807) is 13.2 Å². The highest BCUT2D eigenvalue weighted by atomic mass is 16.5. The summed E-state index contributed by atoms with van der Waals surface area (Å²) in [6.45, 7) is 1.91. The number of para-hydroxylation sites is 1. The van der Waals surface area contributed by atoms with Crippen LogP contribution in [0.4, 0.5) is 5.69 Å². The Labute approximate surface area is 140 Å². The smallest absolute Gasteiger partial charge is 0.248 e. The molecule has 0 aliphatic heterocycles. The molecule has 0 fully saturated rings. The number of pyridine rings is 1. The average molecular weight is 318 g/mol. The topological polar surface area (TPSA) is 51.2 Å². The zero-order valence-corrected chi connectivity index (χ0v) is 13.6. The Morgan fingerprint density at radius 3 is 2.62 bits per heavy atom. The molecule has 0 unspecified atom stereocenters. The fraction of sp³-hybridized carbons (Fsp3) is 0.100. The van der Waals surface area contributed by atoms with E-state index in [1.165, 1.54) is 6.08 Å². The molecular formula is C20H18N2O2. The highest BCUT2D eigenvalue weighted by molar-refractivity contribution is 6.07. The van der Waals surface area contributed by atoms with Crippen LogP contribution < -0.4 is 10.1 Å². The van der Waals surface area contributed by atoms with Crippen molar-refractivity contribution in [2.75, 3.05) is 12.4 Å². The number of rotatable bonds is 4. The number of nitrogens with zero attached hydrogens (tertiary/aromatic N) is 1. The van der Waals surface area contributed by atoms with Crippen molar-refractivity contribution in [3.05, 3.63) is 71.9 Å². The number of methoxy groups -OCH3 is 1. The zero-order chi connectivity index (χ0) is 16.9. The molecule has 2 aromatic carbocycles. The van der Waals surface area contributed by atoms with Crippen LogP contribution >= 0.6 is 0 Å². The Hall–Kier alpha value is -3.14. The average Bonchev–Trinajstić information content (AvgIpc) is 2.60. The van der Waals surface area contributed by atoms with Gasteiger partial charge in [-0.3, -0.25) is 9.78 Å². The van der Waals surface area contributed by atoms with Crippen molar-refractivity contribution in [2.45, 2.75) is 6.92 Å². The quantitative estimate of drug-likeness (QED) is 0.733. The Kier molecular flexibility index (Phi) is 4.57. The maximum absolute atomic E-state index is 12.2. The summed E-state index contributed by atoms with van der Waals surface area (Å²) in [7, 11) is 1.62. The summed E-state index contributed by atoms with van der Waals surface area (Å²) in [6, 6.07) is 17.1. The van der Waals surface area contributed by atoms with Crippen LogP contribution in [0.3, 0.4) is 0 Å². The van der Waals surface area contributed by atoms with Gasteiger partial charge >= 0.3 is 0 Å². The molecule has 0 radical (unpaired) electrons. The predicted molar refractivity (Wildman–Crippen MR) is 97.1 cm³/mol. The fourth-order valence-corrected chi connectivity index (χ4v) is 2.47. The maximum Gasteiger partial charge on any atom is 0.248 e. The normalized spacial score (nSPS) is 10.9. The van der Waals surface area contributed by atoms with Crippen LogP contribution in [0.5, 0.6) is 5.75 Å². The molecule has 0 spiro atoms. The third kappa shape index (κ3) is 3.60. The van der Waals surface area contributed by atoms with Crippen molar-refractivity contribution >= 4 is 28.6 Å². The molecule has 24 heavy (non-hydrogen) atoms. The molecule has 4 heteroatoms. The van der Waals surface area contributed by atoms with Gasteiger partial charge in [-0.2, -0.15) is 0 Å². The van der Waals surface area contributed by atoms with Gasteiger partial charge in [0, 0.05) is 17.2 Å². The Bertz CT molecular complexity index is 899. The second kappa shape index (κ2) is 6.96. The van der Waals surface area contributed by atoms with Gasteiger partial charge in [-0.25, -0.2) is 0 Å². The van der Waals surface area contributed by atoms with Crippen molar-refractivity contribution in [3.8, 4) is 5.75 Å². The van der Waals surface area contributed by atoms with Gasteiger partial charge in [-0.05, 0) is 42.8 Å². The van der Waals surface area contributed by atoms with Crippen molar-refractivity contribution in [1.82, 2.24) is 4.98 Å². The highest BCUT2D eigenvalue weighted by Crippen LogP contribution is 2.23. The second-order valence-corrected chi connectivity index (χ2v) is 5.42. The lowest BCUT2D eigenvalue weighted by Crippen LogP contribution is -2.08. The number of amides is 1. The number of hydrogen-bond donors (Lipinski definition) is 1. The summed E-state index contributed by atoms with van der Waals surface area (Å²) in [5.41, 5.74) is 3.43. The van der Waals surface area contributed by atoms with Gasteiger partial charge in [0.25, 0.3) is 0 Å². The van der Waals surface area contributed by atoms with Gasteiger partial charge in [0.2, 0.25) is 5.91 Å². The zero-order valence-electron chi connectivity index (χ0n) is 13.6. The fourth-order valence-electron chi connectivity index (χ4n) is 2.47. The number of fused-ring (bicyclic) bond motifs is 1. The SMILES string of the molecule is COc1ccc(C=CC(=O)Nc2cc(C)nc3ccccc23)cc1. The molecule has 0 saturated carbocycles. The Morgan fingerprint density at radius 1 is 1.12 bits per heavy atom. The predicted octanol–water partition coefficient (Wildman–Crippen LogP) is 4.20. The lowest BCUT2D eigenvalue weighted by Gasteiger charge is -2.08. The van der Waals surface area contributed by atoms with Crippen LogP contribution in [0.2, 0.25) is 0 Å². The standard InChI is InChI=1S/C20H18N2O2/c1-14-13-19(17-5-3-4-6-18(17)21-14)22-20(23)12-9-15-7-10-16(24-2)11-8-15/h3-13H,1-2H3,(H,21,22,23). The molecule has 0 aliphatic carbocycles. The first-order chi connectivity index (χ1) is 11.7. The monoisotopic (exact) mass is 318 g/mol. The molecule has 120 valence electrons. The summed E-state index contributed by atoms with van der Waals surface area (Å²) in [6.07, 6.45) is 3.29. The molecule has 0 aliphatic rings. The number of anilines is 1. The molecular weight excluding hydrogens is 300 g/mol. The first-order valence-corrected chi connectivity index (χ1v) is 7.65. The van der Waals surface area contributed by atoms with Crippen LogP contribution in [0.1, 0.15) is 11.3 Å². The first-order valence-electron chi connectivity index (χ1n) is 7.65. The van der Waals surface area contributed by atoms with E-state index in [9.17, 15) is 4.79 Å². The molecule has 1 N–H and O–H groups in total. The summed E-state index contributed by atoms with van der Waals surface area (Å²) in [5.74, 6) is 0.608. The van der Waals surface area contributed by atoms with Crippen molar-refractivity contribution in [1.29, 1.82) is 0 Å². The number of ether oxygens (including phenoxy) is 1. The largest absolute Gasteiger partial charge is 0.497 e. The number of aryl methyl sites for hydroxylation is 1. The summed E-state index contributed by atoms with van der Waals surface area (Å²) in [4.78, 5) is 16.7. The lowest BCUT2D eigenvalue weighted by atomic mass is 10.1. The van der Waals surface area contributed by atoms with E-state index < -0.39 is 0 Å². The van der Waals surface area contributed by atoms with E-state index in [2.05, 4.69) is 10.3 Å². The lowest BCUT2D eigenvalue weighted by molar-refractivity contribution is -0.111. The van der Waals surface area contributed by atoms with Crippen molar-refractivity contribution < 1.29 is 9.53 Å². The summed E-state index contributed by atoms with van der Waals surface area (Å²) >= 11 is 0. The van der Waals surface area contributed by atoms with E-state index in [1.807, 2.05) is 61.5 Å². The van der Waals surface area contributed by atoms with Crippen LogP contribution in [0, 0.1) is 6.92 Å². The van der Waals surface area contributed by atoms with Gasteiger partial charge in [-0.1, -0.05) is 30.3 Å². The summed E-state index contributed by atoms with van der Waals surface area (Å²) < 4.78 is 5.12. The van der Waals surface area contributed by atoms with E-state index in [0.717, 1.165) is 33.6 Å². The van der Waals surface area contributed by atoms with Gasteiger partial charge in [-0.15, -0.1) is 0 Å². The molecule has 1 heterocycles. The van der Waals surface area contributed by atoms with Gasteiger partial charge < -0.3 is 10.1 Å². The third-order valence-electron chi connectivity index (χ3n) is 3.65. The van der Waals surface area contributed by atoms with Gasteiger partial charge in [0.05, 0.1) is 18.3 Å². The van der Waals surface area contributed by atoms with E-state index in [4.69, 9.17) is 4.74 Å². The molecule has 0 saturated heterocycles. The number of benzene rings is 2. The number of hydrogen-bond acceptors (Lipinski definition) is 3. The third-order valence-corrected chi connectivity index (χ3v) is 3.65. The van der Waals surface area contributed by atoms with Gasteiger partial charge in [0.1, 0.15) is 5.75 Å². The van der Waals surface area contributed by atoms with Crippen molar-refractivity contribution in [2.24, 2.45) is 0 Å². The number of aromatic nitrogens is 1. The minimum absolute atomic E-state index is 0.179. The molecule has 1 amide bonds. The van der Waals surface area contributed by atoms with Crippen LogP contribution in [-0.2, 0) is 4.79 Å². The molecule has 3 rings (SSSR count). The van der Waals surface area contributed by atoms with E-state index >= 15 is 0 Å². The number of carbonyl (C=O) groups excluding carboxylic acids is 1. The van der Waals surface area contributed by atoms with Crippen LogP contribution in [-0.4, -0.2) is 18.0 Å². The minimum Gasteiger partial charge on any atom is -0.497 e. The summed E-state index contributed by atoms with van der Waals surface area (Å²) in [5, 5.41) is 3.85. The molecule has 0 atom stereocenters. The van der Waals surface area contributed by atoms with E-state index in [-0.39, 0.29) is 5.91 Å². The van der Waals surface area contributed by atoms with Crippen molar-refractivity contribution in [3.63, 3.8) is 0 Å². The maximum atomic E-state index is 12.2. The van der Waals surface area contributed by atoms with Crippen LogP contribution in [0.25, 0.3) is 17.0 Å². The minimum atomic E-state index is -0.179. The second-order valence-electron chi connectivity index (χ2n) is 5.42. The van der Waals surface area contributed by atoms with Crippen LogP contribution in [0.15, 0.2) is 60.7 Å². The Morgan fingerprint density at radius 2 is 1.88 bits per heavy atom. The van der Waals surface area contributed by atoms with Gasteiger partial charge in [0.15, 0.2) is 0 Å². The molecule has 3 aromatic rings. The molecule has 4 nitrogen and oxygen atoms in total. The molecule has 1 aromatic heterocycles. The number of nitrogens with one attached hydrogen (secondary N) is 1. The first kappa shape index (κ1) is 15.7. The Balaban J connectivity index is 1.78. The van der Waals surface area contributed by atoms with E-state index in [0.29, 0.717) is 0 Å². The molecule has 0 bridgehead atoms.